The van der Waals surface area contributed by atoms with Crippen molar-refractivity contribution in [3.05, 3.63) is 0 Å². The van der Waals surface area contributed by atoms with E-state index < -0.39 is 5.72 Å². The van der Waals surface area contributed by atoms with Gasteiger partial charge >= 0.3 is 0 Å². The van der Waals surface area contributed by atoms with Crippen LogP contribution in [-0.2, 0) is 4.74 Å². The fraction of sp³-hybridized carbons (Fsp3) is 1.00. The number of ether oxygens (including phenoxy) is 1. The van der Waals surface area contributed by atoms with Gasteiger partial charge in [0.15, 0.2) is 0 Å². The summed E-state index contributed by atoms with van der Waals surface area (Å²) >= 11 is 0. The summed E-state index contributed by atoms with van der Waals surface area (Å²) in [6, 6.07) is 0. The van der Waals surface area contributed by atoms with E-state index >= 15 is 0 Å². The maximum Gasteiger partial charge on any atom is 0.113 e. The molecule has 0 spiro atoms. The first-order valence-corrected chi connectivity index (χ1v) is 11.7. The van der Waals surface area contributed by atoms with Crippen molar-refractivity contribution in [1.82, 2.24) is 0 Å². The van der Waals surface area contributed by atoms with Gasteiger partial charge in [-0.3, -0.25) is 0 Å². The van der Waals surface area contributed by atoms with Gasteiger partial charge in [0, 0.05) is 13.2 Å². The Morgan fingerprint density at radius 1 is 0.615 bits per heavy atom. The molecule has 3 N–H and O–H groups in total. The highest BCUT2D eigenvalue weighted by molar-refractivity contribution is 4.69. The second kappa shape index (κ2) is 19.6. The van der Waals surface area contributed by atoms with E-state index in [1.54, 1.807) is 0 Å². The Balaban J connectivity index is 3.09. The molecule has 0 fully saturated rings. The van der Waals surface area contributed by atoms with Crippen molar-refractivity contribution in [2.45, 2.75) is 135 Å². The number of rotatable bonds is 21. The second-order valence-corrected chi connectivity index (χ2v) is 8.10. The molecule has 0 aromatic carbocycles. The van der Waals surface area contributed by atoms with Gasteiger partial charge in [-0.1, -0.05) is 96.8 Å². The van der Waals surface area contributed by atoms with Gasteiger partial charge < -0.3 is 15.6 Å². The maximum atomic E-state index is 9.92. The summed E-state index contributed by atoms with van der Waals surface area (Å²) in [6.07, 6.45) is 22.6. The fourth-order valence-corrected chi connectivity index (χ4v) is 3.64. The van der Waals surface area contributed by atoms with Crippen LogP contribution in [0.2, 0.25) is 0 Å². The topological polar surface area (TPSA) is 55.5 Å². The quantitative estimate of drug-likeness (QED) is 0.174. The van der Waals surface area contributed by atoms with E-state index in [0.717, 1.165) is 38.9 Å². The van der Waals surface area contributed by atoms with Crippen molar-refractivity contribution in [2.75, 3.05) is 13.2 Å². The van der Waals surface area contributed by atoms with Crippen LogP contribution in [0, 0.1) is 0 Å². The second-order valence-electron chi connectivity index (χ2n) is 8.10. The van der Waals surface area contributed by atoms with Crippen molar-refractivity contribution in [3.8, 4) is 0 Å². The maximum absolute atomic E-state index is 9.92. The average molecular weight is 372 g/mol. The molecule has 0 aromatic rings. The Kier molecular flexibility index (Phi) is 19.5. The molecule has 3 heteroatoms. The molecule has 0 heterocycles. The van der Waals surface area contributed by atoms with Crippen LogP contribution in [0.5, 0.6) is 0 Å². The van der Waals surface area contributed by atoms with Crippen LogP contribution in [0.15, 0.2) is 0 Å². The van der Waals surface area contributed by atoms with Crippen LogP contribution < -0.4 is 5.73 Å². The Labute approximate surface area is 164 Å². The van der Waals surface area contributed by atoms with E-state index in [0.29, 0.717) is 0 Å². The molecule has 1 unspecified atom stereocenters. The third-order valence-electron chi connectivity index (χ3n) is 5.29. The van der Waals surface area contributed by atoms with Crippen molar-refractivity contribution >= 4 is 0 Å². The number of unbranched alkanes of at least 4 members (excludes halogenated alkanes) is 14. The summed E-state index contributed by atoms with van der Waals surface area (Å²) in [7, 11) is 0. The van der Waals surface area contributed by atoms with Crippen LogP contribution >= 0.6 is 0 Å². The van der Waals surface area contributed by atoms with Gasteiger partial charge in [0.2, 0.25) is 0 Å². The zero-order chi connectivity index (χ0) is 19.3. The minimum absolute atomic E-state index is 0.723. The Morgan fingerprint density at radius 2 is 1.00 bits per heavy atom. The van der Waals surface area contributed by atoms with Crippen molar-refractivity contribution in [2.24, 2.45) is 5.73 Å². The molecular weight excluding hydrogens is 322 g/mol. The molecule has 0 saturated carbocycles. The predicted octanol–water partition coefficient (Wildman–Crippen LogP) is 6.71. The van der Waals surface area contributed by atoms with Crippen LogP contribution in [0.25, 0.3) is 0 Å². The standard InChI is InChI=1S/C23H49NO2/c1-3-20-23(24,25)21-18-16-14-12-10-8-6-5-7-9-11-13-15-17-19-22-26-4-2/h25H,3-22,24H2,1-2H3. The number of hydrogen-bond donors (Lipinski definition) is 2. The summed E-state index contributed by atoms with van der Waals surface area (Å²) < 4.78 is 5.36. The molecule has 1 atom stereocenters. The molecule has 158 valence electrons. The van der Waals surface area contributed by atoms with Crippen LogP contribution in [0.1, 0.15) is 129 Å². The minimum atomic E-state index is -0.918. The van der Waals surface area contributed by atoms with Crippen molar-refractivity contribution in [3.63, 3.8) is 0 Å². The van der Waals surface area contributed by atoms with Crippen molar-refractivity contribution < 1.29 is 9.84 Å². The lowest BCUT2D eigenvalue weighted by Crippen LogP contribution is -2.39. The van der Waals surface area contributed by atoms with E-state index in [4.69, 9.17) is 10.5 Å². The van der Waals surface area contributed by atoms with Gasteiger partial charge in [0.25, 0.3) is 0 Å². The summed E-state index contributed by atoms with van der Waals surface area (Å²) in [5.41, 5.74) is 4.93. The predicted molar refractivity (Wildman–Crippen MR) is 114 cm³/mol. The zero-order valence-corrected chi connectivity index (χ0v) is 18.1. The molecule has 0 rings (SSSR count). The van der Waals surface area contributed by atoms with Gasteiger partial charge in [-0.05, 0) is 32.6 Å². The molecule has 0 aromatic heterocycles. The molecule has 26 heavy (non-hydrogen) atoms. The van der Waals surface area contributed by atoms with Gasteiger partial charge in [-0.25, -0.2) is 0 Å². The molecule has 0 amide bonds. The molecule has 0 saturated heterocycles. The fourth-order valence-electron chi connectivity index (χ4n) is 3.64. The van der Waals surface area contributed by atoms with Crippen molar-refractivity contribution in [1.29, 1.82) is 0 Å². The summed E-state index contributed by atoms with van der Waals surface area (Å²) in [6.45, 7) is 5.95. The Bertz CT molecular complexity index is 269. The number of aliphatic hydroxyl groups is 1. The van der Waals surface area contributed by atoms with E-state index in [-0.39, 0.29) is 0 Å². The molecule has 0 aliphatic heterocycles. The lowest BCUT2D eigenvalue weighted by Gasteiger charge is -2.22. The van der Waals surface area contributed by atoms with Crippen LogP contribution in [0.4, 0.5) is 0 Å². The minimum Gasteiger partial charge on any atom is -0.382 e. The SMILES string of the molecule is CCCC(N)(O)CCCCCCCCCCCCCCCCCOCC. The molecule has 0 radical (unpaired) electrons. The van der Waals surface area contributed by atoms with Gasteiger partial charge in [0.1, 0.15) is 5.72 Å². The smallest absolute Gasteiger partial charge is 0.113 e. The monoisotopic (exact) mass is 371 g/mol. The van der Waals surface area contributed by atoms with Crippen LogP contribution in [-0.4, -0.2) is 24.0 Å². The van der Waals surface area contributed by atoms with E-state index in [1.165, 1.54) is 89.9 Å². The molecule has 0 aliphatic carbocycles. The van der Waals surface area contributed by atoms with E-state index in [9.17, 15) is 5.11 Å². The van der Waals surface area contributed by atoms with Gasteiger partial charge in [-0.2, -0.15) is 0 Å². The van der Waals surface area contributed by atoms with E-state index in [1.807, 2.05) is 0 Å². The summed E-state index contributed by atoms with van der Waals surface area (Å²) in [5, 5.41) is 9.92. The molecule has 0 bridgehead atoms. The molecular formula is C23H49NO2. The first kappa shape index (κ1) is 25.9. The number of nitrogens with two attached hydrogens (primary N) is 1. The third-order valence-corrected chi connectivity index (χ3v) is 5.29. The molecule has 0 aliphatic rings. The summed E-state index contributed by atoms with van der Waals surface area (Å²) in [5.74, 6) is 0. The highest BCUT2D eigenvalue weighted by Gasteiger charge is 2.18. The van der Waals surface area contributed by atoms with Crippen LogP contribution in [0.3, 0.4) is 0 Å². The highest BCUT2D eigenvalue weighted by Crippen LogP contribution is 2.17. The molecule has 3 nitrogen and oxygen atoms in total. The Hall–Kier alpha value is -0.120. The normalized spacial score (nSPS) is 13.8. The Morgan fingerprint density at radius 3 is 1.38 bits per heavy atom. The first-order valence-electron chi connectivity index (χ1n) is 11.7. The van der Waals surface area contributed by atoms with Gasteiger partial charge in [0.05, 0.1) is 0 Å². The largest absolute Gasteiger partial charge is 0.382 e. The lowest BCUT2D eigenvalue weighted by molar-refractivity contribution is 0.0259. The van der Waals surface area contributed by atoms with E-state index in [2.05, 4.69) is 13.8 Å². The zero-order valence-electron chi connectivity index (χ0n) is 18.1. The third kappa shape index (κ3) is 20.2. The average Bonchev–Trinajstić information content (AvgIpc) is 2.60. The lowest BCUT2D eigenvalue weighted by atomic mass is 9.99. The first-order chi connectivity index (χ1) is 12.6. The summed E-state index contributed by atoms with van der Waals surface area (Å²) in [4.78, 5) is 0. The van der Waals surface area contributed by atoms with Gasteiger partial charge in [-0.15, -0.1) is 0 Å². The number of hydrogen-bond acceptors (Lipinski definition) is 3. The highest BCUT2D eigenvalue weighted by atomic mass is 16.5.